The largest absolute Gasteiger partial charge is 0.508 e. The summed E-state index contributed by atoms with van der Waals surface area (Å²) in [6, 6.07) is 3.63. The molecule has 2 atom stereocenters. The van der Waals surface area contributed by atoms with Gasteiger partial charge < -0.3 is 14.9 Å². The molecule has 98 valence electrons. The van der Waals surface area contributed by atoms with Gasteiger partial charge in [0.15, 0.2) is 0 Å². The first-order valence-electron chi connectivity index (χ1n) is 6.47. The second-order valence-corrected chi connectivity index (χ2v) is 6.48. The summed E-state index contributed by atoms with van der Waals surface area (Å²) < 4.78 is 5.87. The number of hydrogen-bond acceptors (Lipinski definition) is 3. The Balaban J connectivity index is 2.30. The normalized spacial score (nSPS) is 36.1. The molecule has 1 aromatic rings. The number of rotatable bonds is 0. The predicted octanol–water partition coefficient (Wildman–Crippen LogP) is 2.86. The molecule has 1 heterocycles. The zero-order valence-corrected chi connectivity index (χ0v) is 11.4. The zero-order valence-electron chi connectivity index (χ0n) is 11.4. The molecule has 3 heteroatoms. The Morgan fingerprint density at radius 2 is 1.83 bits per heavy atom. The Morgan fingerprint density at radius 1 is 1.17 bits per heavy atom. The summed E-state index contributed by atoms with van der Waals surface area (Å²) in [6.45, 7) is 8.08. The quantitative estimate of drug-likeness (QED) is 0.742. The van der Waals surface area contributed by atoms with Crippen LogP contribution in [-0.4, -0.2) is 16.0 Å². The van der Waals surface area contributed by atoms with Gasteiger partial charge >= 0.3 is 0 Å². The van der Waals surface area contributed by atoms with Crippen LogP contribution in [0.3, 0.4) is 0 Å². The van der Waals surface area contributed by atoms with E-state index in [1.54, 1.807) is 6.07 Å². The molecule has 2 N–H and O–H groups in total. The van der Waals surface area contributed by atoms with E-state index in [0.717, 1.165) is 17.5 Å². The van der Waals surface area contributed by atoms with Crippen LogP contribution in [0.25, 0.3) is 0 Å². The molecule has 1 fully saturated rings. The Morgan fingerprint density at radius 3 is 2.50 bits per heavy atom. The smallest absolute Gasteiger partial charge is 0.214 e. The molecule has 1 aromatic carbocycles. The number of phenols is 1. The lowest BCUT2D eigenvalue weighted by atomic mass is 9.62. The molecule has 0 spiro atoms. The highest BCUT2D eigenvalue weighted by molar-refractivity contribution is 5.52. The average molecular weight is 248 g/mol. The molecule has 3 rings (SSSR count). The zero-order chi connectivity index (χ0) is 13.3. The van der Waals surface area contributed by atoms with Crippen LogP contribution in [0.1, 0.15) is 44.7 Å². The van der Waals surface area contributed by atoms with Crippen LogP contribution in [0.15, 0.2) is 12.1 Å². The average Bonchev–Trinajstić information content (AvgIpc) is 2.40. The van der Waals surface area contributed by atoms with Gasteiger partial charge in [0.25, 0.3) is 0 Å². The first-order chi connectivity index (χ1) is 8.21. The molecule has 0 unspecified atom stereocenters. The highest BCUT2D eigenvalue weighted by Gasteiger charge is 2.66. The van der Waals surface area contributed by atoms with Crippen molar-refractivity contribution in [3.8, 4) is 11.5 Å². The molecule has 0 amide bonds. The van der Waals surface area contributed by atoms with Crippen LogP contribution >= 0.6 is 0 Å². The van der Waals surface area contributed by atoms with Crippen molar-refractivity contribution in [1.29, 1.82) is 0 Å². The van der Waals surface area contributed by atoms with Crippen LogP contribution in [0, 0.1) is 12.3 Å². The van der Waals surface area contributed by atoms with Gasteiger partial charge in [-0.3, -0.25) is 0 Å². The third kappa shape index (κ3) is 1.09. The maximum atomic E-state index is 10.7. The van der Waals surface area contributed by atoms with E-state index in [9.17, 15) is 10.2 Å². The van der Waals surface area contributed by atoms with E-state index in [1.165, 1.54) is 0 Å². The number of benzene rings is 1. The summed E-state index contributed by atoms with van der Waals surface area (Å²) in [6.07, 6.45) is 1.50. The van der Waals surface area contributed by atoms with E-state index in [1.807, 2.05) is 26.8 Å². The van der Waals surface area contributed by atoms with Gasteiger partial charge in [0.1, 0.15) is 11.5 Å². The van der Waals surface area contributed by atoms with Gasteiger partial charge in [-0.2, -0.15) is 0 Å². The van der Waals surface area contributed by atoms with E-state index >= 15 is 0 Å². The molecule has 0 aromatic heterocycles. The minimum atomic E-state index is -1.10. The number of fused-ring (bicyclic) bond motifs is 4. The standard InChI is InChI=1S/C15H20O3/c1-9-7-12-10(8-11(9)16)14(4)5-6-15(17,18-12)13(14,2)3/h7-8,16-17H,5-6H2,1-4H3/t14-,15-/m1/s1. The van der Waals surface area contributed by atoms with Crippen molar-refractivity contribution in [1.82, 2.24) is 0 Å². The molecule has 2 bridgehead atoms. The van der Waals surface area contributed by atoms with Crippen LogP contribution in [-0.2, 0) is 5.41 Å². The molecule has 1 saturated carbocycles. The predicted molar refractivity (Wildman–Crippen MR) is 68.8 cm³/mol. The van der Waals surface area contributed by atoms with Gasteiger partial charge in [0.05, 0.1) is 0 Å². The highest BCUT2D eigenvalue weighted by Crippen LogP contribution is 2.64. The molecule has 0 saturated heterocycles. The molecule has 0 radical (unpaired) electrons. The number of aliphatic hydroxyl groups is 1. The van der Waals surface area contributed by atoms with Crippen molar-refractivity contribution in [3.05, 3.63) is 23.3 Å². The molecule has 1 aliphatic carbocycles. The fraction of sp³-hybridized carbons (Fsp3) is 0.600. The Labute approximate surface area is 107 Å². The van der Waals surface area contributed by atoms with E-state index in [4.69, 9.17) is 4.74 Å². The van der Waals surface area contributed by atoms with E-state index in [-0.39, 0.29) is 10.8 Å². The third-order valence-electron chi connectivity index (χ3n) is 5.49. The minimum Gasteiger partial charge on any atom is -0.508 e. The summed E-state index contributed by atoms with van der Waals surface area (Å²) in [7, 11) is 0. The van der Waals surface area contributed by atoms with Gasteiger partial charge in [0.2, 0.25) is 5.79 Å². The fourth-order valence-corrected chi connectivity index (χ4v) is 3.49. The first kappa shape index (κ1) is 11.8. The number of hydrogen-bond donors (Lipinski definition) is 2. The Bertz CT molecular complexity index is 535. The van der Waals surface area contributed by atoms with Crippen LogP contribution in [0.4, 0.5) is 0 Å². The van der Waals surface area contributed by atoms with Crippen molar-refractivity contribution in [2.45, 2.75) is 51.7 Å². The van der Waals surface area contributed by atoms with Gasteiger partial charge in [-0.25, -0.2) is 0 Å². The van der Waals surface area contributed by atoms with Crippen molar-refractivity contribution < 1.29 is 14.9 Å². The summed E-state index contributed by atoms with van der Waals surface area (Å²) in [5.41, 5.74) is 1.26. The van der Waals surface area contributed by atoms with E-state index in [2.05, 4.69) is 6.92 Å². The van der Waals surface area contributed by atoms with Crippen molar-refractivity contribution in [3.63, 3.8) is 0 Å². The molecule has 18 heavy (non-hydrogen) atoms. The van der Waals surface area contributed by atoms with Gasteiger partial charge in [-0.1, -0.05) is 20.8 Å². The lowest BCUT2D eigenvalue weighted by Crippen LogP contribution is -2.55. The molecular formula is C15H20O3. The molecule has 3 nitrogen and oxygen atoms in total. The first-order valence-corrected chi connectivity index (χ1v) is 6.47. The van der Waals surface area contributed by atoms with E-state index < -0.39 is 5.79 Å². The second kappa shape index (κ2) is 3.02. The number of aryl methyl sites for hydroxylation is 1. The lowest BCUT2D eigenvalue weighted by Gasteiger charge is -2.50. The molecular weight excluding hydrogens is 228 g/mol. The van der Waals surface area contributed by atoms with Crippen LogP contribution in [0.5, 0.6) is 11.5 Å². The van der Waals surface area contributed by atoms with Crippen molar-refractivity contribution >= 4 is 0 Å². The SMILES string of the molecule is Cc1cc2c(cc1O)[C@@]1(C)CC[C@@](O)(O2)C1(C)C. The highest BCUT2D eigenvalue weighted by atomic mass is 16.6. The van der Waals surface area contributed by atoms with Gasteiger partial charge in [-0.05, 0) is 31.0 Å². The summed E-state index contributed by atoms with van der Waals surface area (Å²) >= 11 is 0. The summed E-state index contributed by atoms with van der Waals surface area (Å²) in [5, 5.41) is 20.7. The van der Waals surface area contributed by atoms with E-state index in [0.29, 0.717) is 17.9 Å². The van der Waals surface area contributed by atoms with Gasteiger partial charge in [0, 0.05) is 22.8 Å². The van der Waals surface area contributed by atoms with Crippen LogP contribution in [0.2, 0.25) is 0 Å². The monoisotopic (exact) mass is 248 g/mol. The second-order valence-electron chi connectivity index (χ2n) is 6.48. The number of phenolic OH excluding ortho intramolecular Hbond substituents is 1. The maximum absolute atomic E-state index is 10.7. The lowest BCUT2D eigenvalue weighted by molar-refractivity contribution is -0.215. The minimum absolute atomic E-state index is 0.166. The molecule has 2 aliphatic rings. The fourth-order valence-electron chi connectivity index (χ4n) is 3.49. The topological polar surface area (TPSA) is 49.7 Å². The summed E-state index contributed by atoms with van der Waals surface area (Å²) in [5.74, 6) is -0.0862. The number of ether oxygens (including phenoxy) is 1. The van der Waals surface area contributed by atoms with Crippen molar-refractivity contribution in [2.24, 2.45) is 5.41 Å². The number of aromatic hydroxyl groups is 1. The maximum Gasteiger partial charge on any atom is 0.214 e. The van der Waals surface area contributed by atoms with Crippen molar-refractivity contribution in [2.75, 3.05) is 0 Å². The summed E-state index contributed by atoms with van der Waals surface area (Å²) in [4.78, 5) is 0. The Hall–Kier alpha value is -1.22. The third-order valence-corrected chi connectivity index (χ3v) is 5.49. The molecule has 1 aliphatic heterocycles. The van der Waals surface area contributed by atoms with Crippen LogP contribution < -0.4 is 4.74 Å². The van der Waals surface area contributed by atoms with Gasteiger partial charge in [-0.15, -0.1) is 0 Å². The Kier molecular flexibility index (Phi) is 1.99.